The van der Waals surface area contributed by atoms with Gasteiger partial charge in [0.05, 0.1) is 5.52 Å². The molecule has 68 heavy (non-hydrogen) atoms. The summed E-state index contributed by atoms with van der Waals surface area (Å²) >= 11 is 3.84. The Balaban J connectivity index is 1.06. The van der Waals surface area contributed by atoms with E-state index >= 15 is 0 Å². The zero-order valence-electron chi connectivity index (χ0n) is 40.6. The summed E-state index contributed by atoms with van der Waals surface area (Å²) in [5, 5.41) is 12.1. The highest BCUT2D eigenvalue weighted by Crippen LogP contribution is 2.56. The summed E-state index contributed by atoms with van der Waals surface area (Å²) in [4.78, 5) is 0. The summed E-state index contributed by atoms with van der Waals surface area (Å²) in [7, 11) is 0.857. The van der Waals surface area contributed by atoms with Gasteiger partial charge >= 0.3 is 0 Å². The minimum absolute atomic E-state index is 0.0752. The van der Waals surface area contributed by atoms with Crippen molar-refractivity contribution >= 4 is 114 Å². The largest absolute Gasteiger partial charge is 0.355 e. The van der Waals surface area contributed by atoms with Gasteiger partial charge in [0.2, 0.25) is 0 Å². The Morgan fingerprint density at radius 1 is 0.515 bits per heavy atom. The van der Waals surface area contributed by atoms with E-state index < -0.39 is 0 Å². The molecule has 0 radical (unpaired) electrons. The standard InChI is InChI=1S/C63H55BN2S2/c1-60(2,3)34-18-20-35(21-19-34)65-51-32-47-40(41-27-48-49(31-46(41)63(47,8)9)62(6,7)25-24-61(48,4)5)26-42(51)38-22-23-39-43-30-56-44(36-14-10-12-16-54(36)67-56)28-52(43)66-53-29-45-37-15-11-13-17-55(37)68-57(45)33-50(53)64-58(38)59(39)66/h10-23,26-33,64-65H,24-25H2,1-9H3. The second-order valence-corrected chi connectivity index (χ2v) is 25.4. The normalized spacial score (nSPS) is 16.4. The molecule has 0 saturated heterocycles. The number of rotatable bonds is 3. The maximum Gasteiger partial charge on any atom is 0.198 e. The second kappa shape index (κ2) is 13.6. The van der Waals surface area contributed by atoms with Crippen molar-refractivity contribution in [3.05, 3.63) is 161 Å². The van der Waals surface area contributed by atoms with Crippen LogP contribution in [0.1, 0.15) is 103 Å². The first-order valence-electron chi connectivity index (χ1n) is 24.7. The van der Waals surface area contributed by atoms with Crippen LogP contribution in [-0.2, 0) is 21.7 Å². The number of anilines is 2. The number of fused-ring (bicyclic) bond motifs is 15. The second-order valence-electron chi connectivity index (χ2n) is 23.3. The molecule has 1 aliphatic heterocycles. The van der Waals surface area contributed by atoms with Crippen LogP contribution in [-0.4, -0.2) is 11.8 Å². The lowest BCUT2D eigenvalue weighted by Gasteiger charge is -2.42. The molecule has 0 atom stereocenters. The van der Waals surface area contributed by atoms with Crippen molar-refractivity contribution < 1.29 is 0 Å². The van der Waals surface area contributed by atoms with Crippen LogP contribution in [0.3, 0.4) is 0 Å². The topological polar surface area (TPSA) is 17.0 Å². The highest BCUT2D eigenvalue weighted by atomic mass is 32.1. The quantitative estimate of drug-likeness (QED) is 0.175. The van der Waals surface area contributed by atoms with Crippen LogP contribution in [0.2, 0.25) is 0 Å². The number of benzene rings is 8. The maximum atomic E-state index is 4.07. The van der Waals surface area contributed by atoms with Crippen molar-refractivity contribution in [3.63, 3.8) is 0 Å². The minimum Gasteiger partial charge on any atom is -0.355 e. The van der Waals surface area contributed by atoms with Crippen molar-refractivity contribution in [3.8, 4) is 27.9 Å². The Kier molecular flexibility index (Phi) is 8.15. The molecule has 0 spiro atoms. The summed E-state index contributed by atoms with van der Waals surface area (Å²) in [6, 6.07) is 52.3. The summed E-state index contributed by atoms with van der Waals surface area (Å²) < 4.78 is 8.05. The van der Waals surface area contributed by atoms with Crippen LogP contribution < -0.4 is 16.2 Å². The average Bonchev–Trinajstić information content (AvgIpc) is 4.02. The fourth-order valence-electron chi connectivity index (χ4n) is 12.8. The van der Waals surface area contributed by atoms with Crippen LogP contribution in [0.25, 0.3) is 90.1 Å². The number of nitrogens with zero attached hydrogens (tertiary/aromatic N) is 1. The molecule has 0 bridgehead atoms. The van der Waals surface area contributed by atoms with E-state index in [1.165, 1.54) is 142 Å². The van der Waals surface area contributed by atoms with Gasteiger partial charge in [0.15, 0.2) is 7.28 Å². The number of nitrogens with one attached hydrogen (secondary N) is 1. The molecule has 332 valence electrons. The van der Waals surface area contributed by atoms with Gasteiger partial charge in [-0.15, -0.1) is 22.7 Å². The lowest BCUT2D eigenvalue weighted by atomic mass is 9.59. The highest BCUT2D eigenvalue weighted by molar-refractivity contribution is 7.26. The van der Waals surface area contributed by atoms with Gasteiger partial charge in [-0.1, -0.05) is 135 Å². The molecule has 3 aromatic heterocycles. The third-order valence-electron chi connectivity index (χ3n) is 16.8. The van der Waals surface area contributed by atoms with Crippen LogP contribution in [0.5, 0.6) is 0 Å². The Morgan fingerprint density at radius 3 is 1.82 bits per heavy atom. The van der Waals surface area contributed by atoms with E-state index in [0.29, 0.717) is 0 Å². The van der Waals surface area contributed by atoms with E-state index in [0.717, 1.165) is 18.7 Å². The molecule has 5 heteroatoms. The Morgan fingerprint density at radius 2 is 1.13 bits per heavy atom. The summed E-state index contributed by atoms with van der Waals surface area (Å²) in [5.41, 5.74) is 21.8. The summed E-state index contributed by atoms with van der Waals surface area (Å²) in [6.45, 7) is 21.7. The first kappa shape index (κ1) is 40.9. The first-order valence-corrected chi connectivity index (χ1v) is 26.3. The predicted molar refractivity (Wildman–Crippen MR) is 300 cm³/mol. The zero-order valence-corrected chi connectivity index (χ0v) is 42.2. The lowest BCUT2D eigenvalue weighted by molar-refractivity contribution is 0.331. The molecule has 14 rings (SSSR count). The van der Waals surface area contributed by atoms with Crippen molar-refractivity contribution in [1.29, 1.82) is 0 Å². The molecule has 2 nitrogen and oxygen atoms in total. The van der Waals surface area contributed by atoms with Gasteiger partial charge in [-0.05, 0) is 146 Å². The van der Waals surface area contributed by atoms with Crippen molar-refractivity contribution in [2.75, 3.05) is 5.32 Å². The maximum absolute atomic E-state index is 4.07. The molecular weight excluding hydrogens is 860 g/mol. The van der Waals surface area contributed by atoms with Crippen LogP contribution in [0, 0.1) is 0 Å². The molecule has 8 aromatic carbocycles. The molecule has 0 amide bonds. The third-order valence-corrected chi connectivity index (χ3v) is 19.1. The predicted octanol–water partition coefficient (Wildman–Crippen LogP) is 16.6. The van der Waals surface area contributed by atoms with Crippen LogP contribution >= 0.6 is 22.7 Å². The van der Waals surface area contributed by atoms with Gasteiger partial charge in [-0.25, -0.2) is 0 Å². The monoisotopic (exact) mass is 914 g/mol. The smallest absolute Gasteiger partial charge is 0.198 e. The van der Waals surface area contributed by atoms with Gasteiger partial charge in [-0.3, -0.25) is 0 Å². The van der Waals surface area contributed by atoms with Crippen molar-refractivity contribution in [2.24, 2.45) is 0 Å². The van der Waals surface area contributed by atoms with Gasteiger partial charge in [0, 0.05) is 84.7 Å². The number of hydrogen-bond acceptors (Lipinski definition) is 3. The third kappa shape index (κ3) is 5.64. The van der Waals surface area contributed by atoms with Gasteiger partial charge < -0.3 is 9.88 Å². The fraction of sp³-hybridized carbons (Fsp3) is 0.238. The molecular formula is C63H55BN2S2. The lowest BCUT2D eigenvalue weighted by Crippen LogP contribution is -2.37. The van der Waals surface area contributed by atoms with E-state index in [1.54, 1.807) is 0 Å². The van der Waals surface area contributed by atoms with Gasteiger partial charge in [0.1, 0.15) is 0 Å². The van der Waals surface area contributed by atoms with Crippen molar-refractivity contribution in [1.82, 2.24) is 4.57 Å². The van der Waals surface area contributed by atoms with E-state index in [-0.39, 0.29) is 21.7 Å². The van der Waals surface area contributed by atoms with Crippen LogP contribution in [0.4, 0.5) is 11.4 Å². The minimum atomic E-state index is -0.168. The zero-order chi connectivity index (χ0) is 46.4. The first-order chi connectivity index (χ1) is 32.5. The molecule has 4 heterocycles. The molecule has 3 aliphatic rings. The van der Waals surface area contributed by atoms with Crippen molar-refractivity contribution in [2.45, 2.75) is 96.8 Å². The average molecular weight is 915 g/mol. The summed E-state index contributed by atoms with van der Waals surface area (Å²) in [5.74, 6) is 0. The van der Waals surface area contributed by atoms with Gasteiger partial charge in [-0.2, -0.15) is 0 Å². The number of hydrogen-bond donors (Lipinski definition) is 1. The molecule has 2 aliphatic carbocycles. The molecule has 11 aromatic rings. The Hall–Kier alpha value is -6.14. The van der Waals surface area contributed by atoms with E-state index in [1.807, 2.05) is 22.7 Å². The fourth-order valence-corrected chi connectivity index (χ4v) is 15.1. The SMILES string of the molecule is CC(C)(C)c1ccc(Nc2cc3c(cc2-c2ccc4c5cc6sc7ccccc7c6cc5n5c4c2Bc2cc4sc6ccccc6c4cc2-5)-c2cc4c(cc2C3(C)C)C(C)(C)CCC4(C)C)cc1. The Labute approximate surface area is 407 Å². The molecule has 0 unspecified atom stereocenters. The molecule has 0 fully saturated rings. The Bertz CT molecular complexity index is 4030. The number of aromatic nitrogens is 1. The van der Waals surface area contributed by atoms with E-state index in [2.05, 4.69) is 206 Å². The van der Waals surface area contributed by atoms with E-state index in [9.17, 15) is 0 Å². The van der Waals surface area contributed by atoms with Gasteiger partial charge in [0.25, 0.3) is 0 Å². The summed E-state index contributed by atoms with van der Waals surface area (Å²) in [6.07, 6.45) is 2.41. The van der Waals surface area contributed by atoms with Crippen LogP contribution in [0.15, 0.2) is 133 Å². The number of thiophene rings is 2. The highest BCUT2D eigenvalue weighted by Gasteiger charge is 2.43. The molecule has 1 N–H and O–H groups in total. The van der Waals surface area contributed by atoms with E-state index in [4.69, 9.17) is 0 Å². The molecule has 0 saturated carbocycles.